The molecular formula is C18H29FN4O2S. The van der Waals surface area contributed by atoms with E-state index in [4.69, 9.17) is 0 Å². The summed E-state index contributed by atoms with van der Waals surface area (Å²) in [6.45, 7) is 4.02. The molecule has 0 amide bonds. The van der Waals surface area contributed by atoms with Crippen LogP contribution in [0.5, 0.6) is 0 Å². The molecule has 0 unspecified atom stereocenters. The van der Waals surface area contributed by atoms with Gasteiger partial charge in [-0.1, -0.05) is 18.6 Å². The van der Waals surface area contributed by atoms with Gasteiger partial charge in [0.05, 0.1) is 12.3 Å². The zero-order chi connectivity index (χ0) is 18.8. The number of benzene rings is 1. The van der Waals surface area contributed by atoms with E-state index in [0.29, 0.717) is 31.5 Å². The predicted octanol–water partition coefficient (Wildman–Crippen LogP) is 1.64. The molecule has 1 saturated carbocycles. The van der Waals surface area contributed by atoms with Crippen molar-refractivity contribution in [1.82, 2.24) is 15.4 Å². The molecule has 146 valence electrons. The van der Waals surface area contributed by atoms with Crippen LogP contribution in [0.25, 0.3) is 0 Å². The van der Waals surface area contributed by atoms with Crippen LogP contribution in [0, 0.1) is 11.7 Å². The second kappa shape index (κ2) is 10.5. The van der Waals surface area contributed by atoms with Crippen molar-refractivity contribution in [2.75, 3.05) is 31.9 Å². The van der Waals surface area contributed by atoms with Crippen LogP contribution in [-0.4, -0.2) is 46.3 Å². The van der Waals surface area contributed by atoms with Crippen molar-refractivity contribution in [1.29, 1.82) is 0 Å². The zero-order valence-electron chi connectivity index (χ0n) is 15.3. The van der Waals surface area contributed by atoms with Gasteiger partial charge in [0.1, 0.15) is 5.82 Å². The number of halogens is 1. The van der Waals surface area contributed by atoms with Crippen molar-refractivity contribution in [2.24, 2.45) is 10.9 Å². The predicted molar refractivity (Wildman–Crippen MR) is 103 cm³/mol. The molecule has 0 atom stereocenters. The smallest absolute Gasteiger partial charge is 0.213 e. The van der Waals surface area contributed by atoms with E-state index in [2.05, 4.69) is 20.3 Å². The van der Waals surface area contributed by atoms with E-state index in [0.717, 1.165) is 24.8 Å². The molecule has 6 nitrogen and oxygen atoms in total. The van der Waals surface area contributed by atoms with E-state index in [1.165, 1.54) is 18.6 Å². The maximum atomic E-state index is 12.9. The van der Waals surface area contributed by atoms with Gasteiger partial charge in [0.15, 0.2) is 5.96 Å². The van der Waals surface area contributed by atoms with Gasteiger partial charge in [0, 0.05) is 19.6 Å². The van der Waals surface area contributed by atoms with Crippen molar-refractivity contribution in [2.45, 2.75) is 32.6 Å². The van der Waals surface area contributed by atoms with E-state index in [1.807, 2.05) is 6.92 Å². The third-order valence-electron chi connectivity index (χ3n) is 4.41. The van der Waals surface area contributed by atoms with Crippen molar-refractivity contribution >= 4 is 16.0 Å². The lowest BCUT2D eigenvalue weighted by molar-refractivity contribution is 0.316. The van der Waals surface area contributed by atoms with Crippen LogP contribution in [0.3, 0.4) is 0 Å². The van der Waals surface area contributed by atoms with Crippen molar-refractivity contribution in [3.63, 3.8) is 0 Å². The van der Waals surface area contributed by atoms with E-state index in [-0.39, 0.29) is 18.1 Å². The summed E-state index contributed by atoms with van der Waals surface area (Å²) in [5.74, 6) is 0.820. The highest BCUT2D eigenvalue weighted by molar-refractivity contribution is 7.89. The first kappa shape index (κ1) is 20.6. The first-order valence-corrected chi connectivity index (χ1v) is 10.9. The minimum atomic E-state index is -3.28. The fraction of sp³-hybridized carbons (Fsp3) is 0.611. The summed E-state index contributed by atoms with van der Waals surface area (Å²) in [6.07, 6.45) is 4.16. The highest BCUT2D eigenvalue weighted by Crippen LogP contribution is 2.25. The topological polar surface area (TPSA) is 82.6 Å². The fourth-order valence-corrected chi connectivity index (χ4v) is 3.58. The average molecular weight is 385 g/mol. The molecule has 1 aliphatic carbocycles. The third kappa shape index (κ3) is 7.70. The quantitative estimate of drug-likeness (QED) is 0.423. The Bertz CT molecular complexity index is 673. The molecule has 0 radical (unpaired) electrons. The number of hydrogen-bond donors (Lipinski definition) is 3. The largest absolute Gasteiger partial charge is 0.357 e. The highest BCUT2D eigenvalue weighted by atomic mass is 32.2. The number of rotatable bonds is 10. The summed E-state index contributed by atoms with van der Waals surface area (Å²) in [4.78, 5) is 4.32. The molecule has 0 aromatic heterocycles. The number of guanidine groups is 1. The first-order chi connectivity index (χ1) is 12.5. The lowest BCUT2D eigenvalue weighted by Gasteiger charge is -2.25. The van der Waals surface area contributed by atoms with Gasteiger partial charge in [0.2, 0.25) is 10.0 Å². The number of nitrogens with zero attached hydrogens (tertiary/aromatic N) is 1. The molecule has 1 aromatic carbocycles. The average Bonchev–Trinajstić information content (AvgIpc) is 2.55. The van der Waals surface area contributed by atoms with Crippen LogP contribution in [0.2, 0.25) is 0 Å². The maximum Gasteiger partial charge on any atom is 0.213 e. The first-order valence-electron chi connectivity index (χ1n) is 9.22. The molecule has 3 N–H and O–H groups in total. The number of nitrogens with one attached hydrogen (secondary N) is 3. The summed E-state index contributed by atoms with van der Waals surface area (Å²) < 4.78 is 39.5. The van der Waals surface area contributed by atoms with E-state index >= 15 is 0 Å². The summed E-state index contributed by atoms with van der Waals surface area (Å²) in [5.41, 5.74) is 1.03. The molecule has 1 fully saturated rings. The maximum absolute atomic E-state index is 12.9. The fourth-order valence-electron chi connectivity index (χ4n) is 2.61. The lowest BCUT2D eigenvalue weighted by atomic mass is 9.86. The third-order valence-corrected chi connectivity index (χ3v) is 5.74. The highest BCUT2D eigenvalue weighted by Gasteiger charge is 2.19. The van der Waals surface area contributed by atoms with Gasteiger partial charge in [-0.3, -0.25) is 4.99 Å². The Labute approximate surface area is 155 Å². The van der Waals surface area contributed by atoms with Crippen molar-refractivity contribution in [3.8, 4) is 0 Å². The van der Waals surface area contributed by atoms with Crippen LogP contribution < -0.4 is 15.4 Å². The van der Waals surface area contributed by atoms with Gasteiger partial charge in [-0.05, 0) is 49.8 Å². The summed E-state index contributed by atoms with van der Waals surface area (Å²) >= 11 is 0. The minimum absolute atomic E-state index is 0.0196. The molecule has 2 rings (SSSR count). The second-order valence-electron chi connectivity index (χ2n) is 6.53. The Balaban J connectivity index is 1.73. The molecule has 26 heavy (non-hydrogen) atoms. The van der Waals surface area contributed by atoms with Crippen LogP contribution in [0.15, 0.2) is 29.3 Å². The summed E-state index contributed by atoms with van der Waals surface area (Å²) in [7, 11) is -3.28. The number of sulfonamides is 1. The van der Waals surface area contributed by atoms with E-state index in [1.54, 1.807) is 12.1 Å². The monoisotopic (exact) mass is 384 g/mol. The molecule has 8 heteroatoms. The Morgan fingerprint density at radius 2 is 1.96 bits per heavy atom. The summed E-state index contributed by atoms with van der Waals surface area (Å²) in [6, 6.07) is 6.38. The van der Waals surface area contributed by atoms with Gasteiger partial charge in [-0.2, -0.15) is 0 Å². The van der Waals surface area contributed by atoms with Crippen LogP contribution in [0.1, 0.15) is 31.7 Å². The van der Waals surface area contributed by atoms with Crippen LogP contribution >= 0.6 is 0 Å². The zero-order valence-corrected chi connectivity index (χ0v) is 16.1. The Hall–Kier alpha value is -1.67. The number of aliphatic imine (C=N–C) groups is 1. The molecule has 1 aliphatic rings. The van der Waals surface area contributed by atoms with Gasteiger partial charge in [0.25, 0.3) is 0 Å². The SMILES string of the molecule is CCNC(=NCCS(=O)(=O)NCC1CCC1)NCCc1ccc(F)cc1. The van der Waals surface area contributed by atoms with E-state index in [9.17, 15) is 12.8 Å². The van der Waals surface area contributed by atoms with Crippen LogP contribution in [0.4, 0.5) is 4.39 Å². The molecule has 0 heterocycles. The van der Waals surface area contributed by atoms with Crippen molar-refractivity contribution < 1.29 is 12.8 Å². The van der Waals surface area contributed by atoms with Gasteiger partial charge in [-0.15, -0.1) is 0 Å². The molecular weight excluding hydrogens is 355 g/mol. The lowest BCUT2D eigenvalue weighted by Crippen LogP contribution is -2.39. The Morgan fingerprint density at radius 1 is 1.23 bits per heavy atom. The molecule has 0 bridgehead atoms. The molecule has 0 saturated heterocycles. The summed E-state index contributed by atoms with van der Waals surface area (Å²) in [5, 5.41) is 6.26. The normalized spacial score (nSPS) is 15.5. The van der Waals surface area contributed by atoms with Gasteiger partial charge >= 0.3 is 0 Å². The number of hydrogen-bond acceptors (Lipinski definition) is 3. The Morgan fingerprint density at radius 3 is 2.58 bits per heavy atom. The van der Waals surface area contributed by atoms with Gasteiger partial charge in [-0.25, -0.2) is 17.5 Å². The van der Waals surface area contributed by atoms with Crippen molar-refractivity contribution in [3.05, 3.63) is 35.6 Å². The molecule has 0 spiro atoms. The standard InChI is InChI=1S/C18H29FN4O2S/c1-2-20-18(21-11-10-15-6-8-17(19)9-7-15)22-12-13-26(24,25)23-14-16-4-3-5-16/h6-9,16,23H,2-5,10-14H2,1H3,(H2,20,21,22). The molecule has 0 aliphatic heterocycles. The minimum Gasteiger partial charge on any atom is -0.357 e. The Kier molecular flexibility index (Phi) is 8.31. The van der Waals surface area contributed by atoms with Gasteiger partial charge < -0.3 is 10.6 Å². The van der Waals surface area contributed by atoms with E-state index < -0.39 is 10.0 Å². The second-order valence-corrected chi connectivity index (χ2v) is 8.45. The van der Waals surface area contributed by atoms with Crippen LogP contribution in [-0.2, 0) is 16.4 Å². The molecule has 1 aromatic rings.